The maximum Gasteiger partial charge on any atom is 0.256 e. The lowest BCUT2D eigenvalue weighted by Crippen LogP contribution is -2.38. The van der Waals surface area contributed by atoms with Gasteiger partial charge < -0.3 is 15.1 Å². The quantitative estimate of drug-likeness (QED) is 0.618. The molecule has 1 N–H and O–H groups in total. The molecule has 0 spiro atoms. The molecule has 0 atom stereocenters. The molecule has 2 aliphatic rings. The highest BCUT2D eigenvalue weighted by Gasteiger charge is 2.25. The van der Waals surface area contributed by atoms with Crippen molar-refractivity contribution >= 4 is 39.1 Å². The Hall–Kier alpha value is -2.34. The summed E-state index contributed by atoms with van der Waals surface area (Å²) in [5.41, 5.74) is 2.93. The first-order valence-electron chi connectivity index (χ1n) is 11.3. The Bertz CT molecular complexity index is 930. The summed E-state index contributed by atoms with van der Waals surface area (Å²) in [6, 6.07) is 13.0. The van der Waals surface area contributed by atoms with E-state index in [-0.39, 0.29) is 11.8 Å². The molecule has 2 heterocycles. The number of carbonyl (C=O) groups excluding carboxylic acids is 2. The number of rotatable bonds is 4. The van der Waals surface area contributed by atoms with Crippen LogP contribution in [0.5, 0.6) is 0 Å². The van der Waals surface area contributed by atoms with Gasteiger partial charge in [0.2, 0.25) is 0 Å². The van der Waals surface area contributed by atoms with E-state index in [2.05, 4.69) is 33.1 Å². The molecule has 0 saturated carbocycles. The lowest BCUT2D eigenvalue weighted by Gasteiger charge is -2.35. The Labute approximate surface area is 192 Å². The zero-order valence-electron chi connectivity index (χ0n) is 18.1. The number of hydrogen-bond acceptors (Lipinski definition) is 3. The van der Waals surface area contributed by atoms with Crippen molar-refractivity contribution < 1.29 is 9.59 Å². The number of carbonyl (C=O) groups is 2. The van der Waals surface area contributed by atoms with Gasteiger partial charge in [-0.1, -0.05) is 22.9 Å². The summed E-state index contributed by atoms with van der Waals surface area (Å²) in [5, 5.41) is 2.97. The summed E-state index contributed by atoms with van der Waals surface area (Å²) in [4.78, 5) is 30.5. The molecule has 2 amide bonds. The molecule has 0 unspecified atom stereocenters. The molecule has 31 heavy (non-hydrogen) atoms. The van der Waals surface area contributed by atoms with Crippen molar-refractivity contribution in [2.75, 3.05) is 36.4 Å². The van der Waals surface area contributed by atoms with Crippen LogP contribution in [0.25, 0.3) is 0 Å². The third-order valence-electron chi connectivity index (χ3n) is 6.36. The lowest BCUT2D eigenvalue weighted by atomic mass is 9.97. The molecule has 2 aromatic carbocycles. The van der Waals surface area contributed by atoms with Gasteiger partial charge in [0, 0.05) is 47.6 Å². The molecule has 2 fully saturated rings. The first kappa shape index (κ1) is 21.9. The maximum atomic E-state index is 13.5. The number of anilines is 2. The molecular weight excluding hydrogens is 454 g/mol. The van der Waals surface area contributed by atoms with Crippen molar-refractivity contribution in [2.24, 2.45) is 5.92 Å². The van der Waals surface area contributed by atoms with E-state index >= 15 is 0 Å². The summed E-state index contributed by atoms with van der Waals surface area (Å²) >= 11 is 3.40. The molecule has 164 valence electrons. The fourth-order valence-electron chi connectivity index (χ4n) is 4.38. The Morgan fingerprint density at radius 1 is 0.935 bits per heavy atom. The number of hydrogen-bond donors (Lipinski definition) is 1. The zero-order chi connectivity index (χ0) is 21.8. The van der Waals surface area contributed by atoms with Crippen molar-refractivity contribution in [3.05, 3.63) is 58.1 Å². The van der Waals surface area contributed by atoms with Crippen molar-refractivity contribution in [1.29, 1.82) is 0 Å². The van der Waals surface area contributed by atoms with Crippen LogP contribution in [0.15, 0.2) is 46.9 Å². The number of likely N-dealkylation sites (tertiary alicyclic amines) is 1. The summed E-state index contributed by atoms with van der Waals surface area (Å²) in [5.74, 6) is 0.624. The van der Waals surface area contributed by atoms with Gasteiger partial charge in [0.15, 0.2) is 0 Å². The van der Waals surface area contributed by atoms with Crippen molar-refractivity contribution in [3.8, 4) is 0 Å². The van der Waals surface area contributed by atoms with Crippen LogP contribution >= 0.6 is 15.9 Å². The van der Waals surface area contributed by atoms with Gasteiger partial charge in [-0.15, -0.1) is 0 Å². The van der Waals surface area contributed by atoms with Crippen molar-refractivity contribution in [3.63, 3.8) is 0 Å². The minimum atomic E-state index is -0.177. The van der Waals surface area contributed by atoms with E-state index in [1.54, 1.807) is 12.1 Å². The lowest BCUT2D eigenvalue weighted by molar-refractivity contribution is 0.0724. The van der Waals surface area contributed by atoms with Gasteiger partial charge in [-0.25, -0.2) is 0 Å². The number of halogens is 1. The first-order valence-corrected chi connectivity index (χ1v) is 12.1. The number of benzene rings is 2. The van der Waals surface area contributed by atoms with Gasteiger partial charge in [0.1, 0.15) is 0 Å². The minimum Gasteiger partial charge on any atom is -0.371 e. The third kappa shape index (κ3) is 5.29. The standard InChI is InChI=1S/C25H30BrN3O2/c1-18-11-15-28(16-12-18)23-10-9-21(27-24(30)19-5-7-20(26)8-6-19)17-22(23)25(31)29-13-3-2-4-14-29/h5-10,17-18H,2-4,11-16H2,1H3,(H,27,30). The van der Waals surface area contributed by atoms with Gasteiger partial charge in [0.05, 0.1) is 5.56 Å². The smallest absolute Gasteiger partial charge is 0.256 e. The fourth-order valence-corrected chi connectivity index (χ4v) is 4.65. The van der Waals surface area contributed by atoms with Gasteiger partial charge in [0.25, 0.3) is 11.8 Å². The van der Waals surface area contributed by atoms with Gasteiger partial charge in [-0.3, -0.25) is 9.59 Å². The van der Waals surface area contributed by atoms with Crippen LogP contribution in [0.1, 0.15) is 59.7 Å². The van der Waals surface area contributed by atoms with E-state index in [0.29, 0.717) is 16.8 Å². The monoisotopic (exact) mass is 483 g/mol. The van der Waals surface area contributed by atoms with Crippen LogP contribution in [0.3, 0.4) is 0 Å². The van der Waals surface area contributed by atoms with Crippen LogP contribution in [-0.4, -0.2) is 42.9 Å². The van der Waals surface area contributed by atoms with Crippen LogP contribution in [-0.2, 0) is 0 Å². The van der Waals surface area contributed by atoms with Crippen LogP contribution in [0.4, 0.5) is 11.4 Å². The first-order chi connectivity index (χ1) is 15.0. The van der Waals surface area contributed by atoms with Crippen LogP contribution < -0.4 is 10.2 Å². The molecule has 4 rings (SSSR count). The molecule has 2 aromatic rings. The Morgan fingerprint density at radius 3 is 2.29 bits per heavy atom. The Balaban J connectivity index is 1.60. The Kier molecular flexibility index (Phi) is 6.96. The van der Waals surface area contributed by atoms with E-state index < -0.39 is 0 Å². The van der Waals surface area contributed by atoms with E-state index in [4.69, 9.17) is 0 Å². The van der Waals surface area contributed by atoms with E-state index in [9.17, 15) is 9.59 Å². The van der Waals surface area contributed by atoms with E-state index in [1.165, 1.54) is 6.42 Å². The average Bonchev–Trinajstić information content (AvgIpc) is 2.80. The molecule has 0 aromatic heterocycles. The highest BCUT2D eigenvalue weighted by molar-refractivity contribution is 9.10. The molecule has 6 heteroatoms. The molecule has 0 radical (unpaired) electrons. The highest BCUT2D eigenvalue weighted by atomic mass is 79.9. The number of piperidine rings is 2. The summed E-state index contributed by atoms with van der Waals surface area (Å²) in [6.45, 7) is 5.84. The number of nitrogens with zero attached hydrogens (tertiary/aromatic N) is 2. The topological polar surface area (TPSA) is 52.7 Å². The summed E-state index contributed by atoms with van der Waals surface area (Å²) < 4.78 is 0.929. The second kappa shape index (κ2) is 9.86. The predicted molar refractivity (Wildman–Crippen MR) is 129 cm³/mol. The maximum absolute atomic E-state index is 13.5. The average molecular weight is 484 g/mol. The van der Waals surface area contributed by atoms with E-state index in [0.717, 1.165) is 67.9 Å². The minimum absolute atomic E-state index is 0.0769. The molecule has 2 aliphatic heterocycles. The molecule has 5 nitrogen and oxygen atoms in total. The summed E-state index contributed by atoms with van der Waals surface area (Å²) in [7, 11) is 0. The second-order valence-electron chi connectivity index (χ2n) is 8.72. The van der Waals surface area contributed by atoms with Gasteiger partial charge in [-0.2, -0.15) is 0 Å². The predicted octanol–water partition coefficient (Wildman–Crippen LogP) is 5.56. The second-order valence-corrected chi connectivity index (χ2v) is 9.63. The van der Waals surface area contributed by atoms with Gasteiger partial charge in [-0.05, 0) is 80.5 Å². The zero-order valence-corrected chi connectivity index (χ0v) is 19.7. The van der Waals surface area contributed by atoms with E-state index in [1.807, 2.05) is 35.2 Å². The van der Waals surface area contributed by atoms with Crippen LogP contribution in [0.2, 0.25) is 0 Å². The molecular formula is C25H30BrN3O2. The molecule has 0 aliphatic carbocycles. The summed E-state index contributed by atoms with van der Waals surface area (Å²) in [6.07, 6.45) is 5.58. The normalized spacial score (nSPS) is 17.5. The number of nitrogens with one attached hydrogen (secondary N) is 1. The van der Waals surface area contributed by atoms with Crippen molar-refractivity contribution in [1.82, 2.24) is 4.90 Å². The fraction of sp³-hybridized carbons (Fsp3) is 0.440. The Morgan fingerprint density at radius 2 is 1.61 bits per heavy atom. The SMILES string of the molecule is CC1CCN(c2ccc(NC(=O)c3ccc(Br)cc3)cc2C(=O)N2CCCCC2)CC1. The molecule has 0 bridgehead atoms. The molecule has 2 saturated heterocycles. The van der Waals surface area contributed by atoms with Crippen LogP contribution in [0, 0.1) is 5.92 Å². The van der Waals surface area contributed by atoms with Crippen molar-refractivity contribution in [2.45, 2.75) is 39.0 Å². The van der Waals surface area contributed by atoms with Gasteiger partial charge >= 0.3 is 0 Å². The third-order valence-corrected chi connectivity index (χ3v) is 6.89. The highest BCUT2D eigenvalue weighted by Crippen LogP contribution is 2.30. The largest absolute Gasteiger partial charge is 0.371 e. The number of amides is 2.